The Hall–Kier alpha value is -3.29. The summed E-state index contributed by atoms with van der Waals surface area (Å²) in [5.74, 6) is 1.54. The minimum Gasteiger partial charge on any atom is -0.365 e. The largest absolute Gasteiger partial charge is 0.365 e. The quantitative estimate of drug-likeness (QED) is 0.590. The van der Waals surface area contributed by atoms with Gasteiger partial charge in [0.15, 0.2) is 5.82 Å². The van der Waals surface area contributed by atoms with Crippen molar-refractivity contribution in [3.63, 3.8) is 0 Å². The summed E-state index contributed by atoms with van der Waals surface area (Å²) in [4.78, 5) is 40.4. The normalized spacial score (nSPS) is 16.5. The molecule has 1 aromatic carbocycles. The zero-order valence-electron chi connectivity index (χ0n) is 19.6. The van der Waals surface area contributed by atoms with E-state index in [1.165, 1.54) is 6.20 Å². The molecule has 8 heteroatoms. The first kappa shape index (κ1) is 22.9. The van der Waals surface area contributed by atoms with E-state index in [2.05, 4.69) is 34.4 Å². The van der Waals surface area contributed by atoms with Gasteiger partial charge in [-0.25, -0.2) is 15.0 Å². The molecule has 1 atom stereocenters. The molecule has 0 spiro atoms. The van der Waals surface area contributed by atoms with Crippen LogP contribution in [0.2, 0.25) is 0 Å². The number of rotatable bonds is 7. The van der Waals surface area contributed by atoms with Crippen molar-refractivity contribution in [2.24, 2.45) is 5.73 Å². The summed E-state index contributed by atoms with van der Waals surface area (Å²) in [6.07, 6.45) is 5.50. The van der Waals surface area contributed by atoms with Gasteiger partial charge in [0.05, 0.1) is 28.3 Å². The second-order valence-electron chi connectivity index (χ2n) is 9.06. The van der Waals surface area contributed by atoms with E-state index in [1.54, 1.807) is 6.92 Å². The molecule has 3 heterocycles. The number of aromatic nitrogens is 4. The Balaban J connectivity index is 1.47. The van der Waals surface area contributed by atoms with Gasteiger partial charge in [0, 0.05) is 31.6 Å². The molecule has 2 amide bonds. The van der Waals surface area contributed by atoms with E-state index in [0.29, 0.717) is 36.0 Å². The molecule has 4 rings (SSSR count). The second kappa shape index (κ2) is 9.68. The standard InChI is InChI=1S/C25H32N6O2/c1-16(2)25-29-19-9-4-5-10-20(19)31(25)14-8-12-22(32)30-13-7-6-11-21(30)24-27-15-18(23(26)33)17(3)28-24/h4-5,9-10,15-16,21H,6-8,11-14H2,1-3H3,(H2,26,33)/t21-/m1/s1. The maximum atomic E-state index is 13.2. The van der Waals surface area contributed by atoms with Crippen molar-refractivity contribution in [3.05, 3.63) is 53.4 Å². The average Bonchev–Trinajstić information content (AvgIpc) is 3.18. The number of imidazole rings is 1. The number of likely N-dealkylation sites (tertiary alicyclic amines) is 1. The predicted octanol–water partition coefficient (Wildman–Crippen LogP) is 3.89. The molecule has 1 saturated heterocycles. The number of para-hydroxylation sites is 2. The molecular weight excluding hydrogens is 416 g/mol. The molecule has 1 aliphatic heterocycles. The number of piperidine rings is 1. The van der Waals surface area contributed by atoms with E-state index >= 15 is 0 Å². The van der Waals surface area contributed by atoms with Gasteiger partial charge in [0.2, 0.25) is 5.91 Å². The van der Waals surface area contributed by atoms with E-state index in [9.17, 15) is 9.59 Å². The number of aryl methyl sites for hydroxylation is 2. The van der Waals surface area contributed by atoms with Gasteiger partial charge in [-0.1, -0.05) is 26.0 Å². The highest BCUT2D eigenvalue weighted by molar-refractivity contribution is 5.93. The van der Waals surface area contributed by atoms with Crippen LogP contribution in [-0.4, -0.2) is 42.8 Å². The lowest BCUT2D eigenvalue weighted by atomic mass is 10.00. The van der Waals surface area contributed by atoms with Gasteiger partial charge in [-0.05, 0) is 44.7 Å². The molecule has 0 bridgehead atoms. The zero-order valence-corrected chi connectivity index (χ0v) is 19.6. The number of primary amides is 1. The summed E-state index contributed by atoms with van der Waals surface area (Å²) >= 11 is 0. The Bertz CT molecular complexity index is 1170. The number of nitrogens with zero attached hydrogens (tertiary/aromatic N) is 5. The minimum atomic E-state index is -0.539. The Morgan fingerprint density at radius 1 is 1.18 bits per heavy atom. The van der Waals surface area contributed by atoms with Crippen LogP contribution in [0.1, 0.15) is 85.6 Å². The molecular formula is C25H32N6O2. The third kappa shape index (κ3) is 4.74. The molecule has 0 radical (unpaired) electrons. The van der Waals surface area contributed by atoms with E-state index in [-0.39, 0.29) is 11.9 Å². The summed E-state index contributed by atoms with van der Waals surface area (Å²) in [6.45, 7) is 7.50. The van der Waals surface area contributed by atoms with Crippen LogP contribution in [0.4, 0.5) is 0 Å². The van der Waals surface area contributed by atoms with Crippen molar-refractivity contribution < 1.29 is 9.59 Å². The zero-order chi connectivity index (χ0) is 23.5. The fourth-order valence-electron chi connectivity index (χ4n) is 4.69. The number of nitrogens with two attached hydrogens (primary N) is 1. The van der Waals surface area contributed by atoms with Crippen molar-refractivity contribution in [2.45, 2.75) is 71.4 Å². The fourth-order valence-corrected chi connectivity index (χ4v) is 4.69. The highest BCUT2D eigenvalue weighted by Crippen LogP contribution is 2.30. The molecule has 2 N–H and O–H groups in total. The molecule has 2 aromatic heterocycles. The van der Waals surface area contributed by atoms with E-state index < -0.39 is 5.91 Å². The Kier molecular flexibility index (Phi) is 6.72. The van der Waals surface area contributed by atoms with Gasteiger partial charge in [-0.2, -0.15) is 0 Å². The fraction of sp³-hybridized carbons (Fsp3) is 0.480. The molecule has 33 heavy (non-hydrogen) atoms. The van der Waals surface area contributed by atoms with Crippen LogP contribution in [0, 0.1) is 6.92 Å². The smallest absolute Gasteiger partial charge is 0.252 e. The summed E-state index contributed by atoms with van der Waals surface area (Å²) < 4.78 is 2.25. The number of benzene rings is 1. The first-order valence-electron chi connectivity index (χ1n) is 11.7. The molecule has 3 aromatic rings. The van der Waals surface area contributed by atoms with Gasteiger partial charge in [-0.3, -0.25) is 9.59 Å². The lowest BCUT2D eigenvalue weighted by molar-refractivity contribution is -0.135. The third-order valence-corrected chi connectivity index (χ3v) is 6.36. The molecule has 174 valence electrons. The predicted molar refractivity (Wildman–Crippen MR) is 127 cm³/mol. The topological polar surface area (TPSA) is 107 Å². The molecule has 0 unspecified atom stereocenters. The monoisotopic (exact) mass is 448 g/mol. The minimum absolute atomic E-state index is 0.121. The van der Waals surface area contributed by atoms with Crippen LogP contribution in [0.5, 0.6) is 0 Å². The van der Waals surface area contributed by atoms with Gasteiger partial charge < -0.3 is 15.2 Å². The van der Waals surface area contributed by atoms with Crippen molar-refractivity contribution in [1.29, 1.82) is 0 Å². The van der Waals surface area contributed by atoms with Crippen LogP contribution >= 0.6 is 0 Å². The summed E-state index contributed by atoms with van der Waals surface area (Å²) in [7, 11) is 0. The van der Waals surface area contributed by atoms with Crippen molar-refractivity contribution in [3.8, 4) is 0 Å². The van der Waals surface area contributed by atoms with Gasteiger partial charge in [0.25, 0.3) is 5.91 Å². The van der Waals surface area contributed by atoms with Gasteiger partial charge in [0.1, 0.15) is 5.82 Å². The van der Waals surface area contributed by atoms with Crippen molar-refractivity contribution >= 4 is 22.8 Å². The van der Waals surface area contributed by atoms with E-state index in [4.69, 9.17) is 10.7 Å². The van der Waals surface area contributed by atoms with Crippen molar-refractivity contribution in [2.75, 3.05) is 6.54 Å². The first-order chi connectivity index (χ1) is 15.9. The Labute approximate surface area is 194 Å². The van der Waals surface area contributed by atoms with Crippen LogP contribution in [-0.2, 0) is 11.3 Å². The highest BCUT2D eigenvalue weighted by atomic mass is 16.2. The molecule has 0 saturated carbocycles. The summed E-state index contributed by atoms with van der Waals surface area (Å²) in [6, 6.07) is 7.99. The number of hydrogen-bond donors (Lipinski definition) is 1. The van der Waals surface area contributed by atoms with E-state index in [0.717, 1.165) is 49.1 Å². The third-order valence-electron chi connectivity index (χ3n) is 6.36. The Morgan fingerprint density at radius 2 is 1.97 bits per heavy atom. The maximum Gasteiger partial charge on any atom is 0.252 e. The van der Waals surface area contributed by atoms with Crippen LogP contribution in [0.3, 0.4) is 0 Å². The van der Waals surface area contributed by atoms with Crippen LogP contribution in [0.25, 0.3) is 11.0 Å². The number of carbonyl (C=O) groups is 2. The molecule has 0 aliphatic carbocycles. The number of hydrogen-bond acceptors (Lipinski definition) is 5. The van der Waals surface area contributed by atoms with E-state index in [1.807, 2.05) is 23.1 Å². The lowest BCUT2D eigenvalue weighted by Gasteiger charge is -2.35. The lowest BCUT2D eigenvalue weighted by Crippen LogP contribution is -2.39. The summed E-state index contributed by atoms with van der Waals surface area (Å²) in [5, 5.41) is 0. The second-order valence-corrected chi connectivity index (χ2v) is 9.06. The first-order valence-corrected chi connectivity index (χ1v) is 11.7. The number of carbonyl (C=O) groups excluding carboxylic acids is 2. The SMILES string of the molecule is Cc1nc([C@H]2CCCCN2C(=O)CCCn2c(C(C)C)nc3ccccc32)ncc1C(N)=O. The molecule has 1 fully saturated rings. The number of fused-ring (bicyclic) bond motifs is 1. The van der Waals surface area contributed by atoms with Crippen LogP contribution < -0.4 is 5.73 Å². The molecule has 8 nitrogen and oxygen atoms in total. The Morgan fingerprint density at radius 3 is 2.70 bits per heavy atom. The van der Waals surface area contributed by atoms with Crippen LogP contribution in [0.15, 0.2) is 30.5 Å². The van der Waals surface area contributed by atoms with Gasteiger partial charge >= 0.3 is 0 Å². The maximum absolute atomic E-state index is 13.2. The average molecular weight is 449 g/mol. The van der Waals surface area contributed by atoms with Gasteiger partial charge in [-0.15, -0.1) is 0 Å². The van der Waals surface area contributed by atoms with Crippen molar-refractivity contribution in [1.82, 2.24) is 24.4 Å². The summed E-state index contributed by atoms with van der Waals surface area (Å²) in [5.41, 5.74) is 8.37. The number of amides is 2. The molecule has 1 aliphatic rings. The highest BCUT2D eigenvalue weighted by Gasteiger charge is 2.30.